The number of rotatable bonds is 6. The van der Waals surface area contributed by atoms with Gasteiger partial charge in [0.05, 0.1) is 9.85 Å². The number of aromatic hydroxyl groups is 1. The molecule has 6 aromatic rings. The lowest BCUT2D eigenvalue weighted by Crippen LogP contribution is -1.92. The highest BCUT2D eigenvalue weighted by Gasteiger charge is 2.16. The van der Waals surface area contributed by atoms with Crippen LogP contribution in [0.15, 0.2) is 127 Å². The lowest BCUT2D eigenvalue weighted by atomic mass is 10.3. The van der Waals surface area contributed by atoms with E-state index < -0.39 is 15.7 Å². The van der Waals surface area contributed by atoms with Crippen LogP contribution in [0.1, 0.15) is 0 Å². The first-order chi connectivity index (χ1) is 27.1. The minimum Gasteiger partial charge on any atom is -0.508 e. The summed E-state index contributed by atoms with van der Waals surface area (Å²) >= 11 is 0. The van der Waals surface area contributed by atoms with Crippen LogP contribution in [-0.2, 0) is 0 Å². The zero-order chi connectivity index (χ0) is 39.4. The summed E-state index contributed by atoms with van der Waals surface area (Å²) < 4.78 is 54.3. The molecule has 0 aliphatic carbocycles. The molecule has 17 heteroatoms. The molecule has 0 radical (unpaired) electrons. The zero-order valence-electron chi connectivity index (χ0n) is 28.9. The van der Waals surface area contributed by atoms with E-state index >= 15 is 0 Å². The number of fused-ring (bicyclic) bond motifs is 3. The Bertz CT molecular complexity index is 2290. The van der Waals surface area contributed by atoms with Crippen molar-refractivity contribution in [1.29, 1.82) is 0 Å². The summed E-state index contributed by atoms with van der Waals surface area (Å²) in [6.07, 6.45) is 0. The molecule has 0 spiro atoms. The zero-order valence-corrected chi connectivity index (χ0v) is 28.9. The first-order valence-corrected chi connectivity index (χ1v) is 16.3. The van der Waals surface area contributed by atoms with Crippen LogP contribution in [0.4, 0.5) is 21.5 Å². The van der Waals surface area contributed by atoms with Crippen LogP contribution in [0.2, 0.25) is 0 Å². The highest BCUT2D eigenvalue weighted by molar-refractivity contribution is 5.50. The van der Waals surface area contributed by atoms with Crippen molar-refractivity contribution < 1.29 is 57.2 Å². The smallest absolute Gasteiger partial charge is 0.269 e. The molecule has 0 unspecified atom stereocenters. The molecule has 16 nitrogen and oxygen atoms in total. The lowest BCUT2D eigenvalue weighted by molar-refractivity contribution is -0.385. The summed E-state index contributed by atoms with van der Waals surface area (Å²) in [5.74, 6) is 6.33. The standard InChI is InChI=1S/C13H9NO5.C13H11NO3.C7H6O3.C6H4FNO2/c15-14(16)9-1-3-10(4-2-9)19-11-5-6-12-13(7-11)18-8-17-12;14-9-1-3-10(4-2-9)17-11-5-6-12-13(7-11)16-8-15-12;8-5-1-2-6-7(3-5)10-4-9-6;7-5-1-3-6(4-2-5)8(9)10/h1-7H,8H2;1-7H,8,14H2;1-3,8H,4H2;1-4H. The number of hydrogen-bond acceptors (Lipinski definition) is 14. The molecule has 0 saturated heterocycles. The van der Waals surface area contributed by atoms with E-state index in [4.69, 9.17) is 48.7 Å². The van der Waals surface area contributed by atoms with Gasteiger partial charge in [0.25, 0.3) is 11.4 Å². The second-order valence-corrected chi connectivity index (χ2v) is 11.3. The number of nitro groups is 2. The molecule has 0 atom stereocenters. The number of nitrogens with two attached hydrogens (primary N) is 1. The maximum atomic E-state index is 12.1. The average Bonchev–Trinajstić information content (AvgIpc) is 3.98. The lowest BCUT2D eigenvalue weighted by Gasteiger charge is -2.06. The second kappa shape index (κ2) is 17.7. The first kappa shape index (κ1) is 37.8. The van der Waals surface area contributed by atoms with Crippen molar-refractivity contribution in [2.24, 2.45) is 0 Å². The number of nitrogens with zero attached hydrogens (tertiary/aromatic N) is 2. The van der Waals surface area contributed by atoms with Crippen molar-refractivity contribution in [3.8, 4) is 63.2 Å². The Balaban J connectivity index is 0.000000132. The first-order valence-electron chi connectivity index (χ1n) is 16.3. The Hall–Kier alpha value is -7.95. The summed E-state index contributed by atoms with van der Waals surface area (Å²) in [6, 6.07) is 32.9. The molecular weight excluding hydrogens is 737 g/mol. The van der Waals surface area contributed by atoms with Crippen LogP contribution in [0.25, 0.3) is 0 Å². The summed E-state index contributed by atoms with van der Waals surface area (Å²) in [5, 5.41) is 29.5. The third-order valence-corrected chi connectivity index (χ3v) is 7.48. The number of benzene rings is 6. The molecular formula is C39H30FN3O13. The van der Waals surface area contributed by atoms with Crippen LogP contribution in [0.5, 0.6) is 63.2 Å². The number of ether oxygens (including phenoxy) is 8. The molecule has 3 heterocycles. The molecule has 0 bridgehead atoms. The maximum absolute atomic E-state index is 12.1. The van der Waals surface area contributed by atoms with Gasteiger partial charge in [-0.25, -0.2) is 4.39 Å². The largest absolute Gasteiger partial charge is 0.508 e. The van der Waals surface area contributed by atoms with Crippen molar-refractivity contribution in [2.45, 2.75) is 0 Å². The van der Waals surface area contributed by atoms with Crippen molar-refractivity contribution in [2.75, 3.05) is 26.1 Å². The number of halogens is 1. The predicted octanol–water partition coefficient (Wildman–Crippen LogP) is 8.76. The van der Waals surface area contributed by atoms with Gasteiger partial charge in [-0.05, 0) is 84.9 Å². The van der Waals surface area contributed by atoms with Gasteiger partial charge in [0.15, 0.2) is 34.5 Å². The van der Waals surface area contributed by atoms with Gasteiger partial charge < -0.3 is 48.7 Å². The normalized spacial score (nSPS) is 12.0. The van der Waals surface area contributed by atoms with Crippen LogP contribution < -0.4 is 43.6 Å². The number of nitro benzene ring substituents is 2. The fraction of sp³-hybridized carbons (Fsp3) is 0.0769. The number of non-ortho nitro benzene ring substituents is 2. The molecule has 3 aliphatic rings. The van der Waals surface area contributed by atoms with Gasteiger partial charge in [0.2, 0.25) is 20.4 Å². The quantitative estimate of drug-likeness (QED) is 0.0923. The fourth-order valence-corrected chi connectivity index (χ4v) is 4.77. The molecule has 0 aromatic heterocycles. The van der Waals surface area contributed by atoms with Gasteiger partial charge >= 0.3 is 0 Å². The van der Waals surface area contributed by atoms with Gasteiger partial charge in [-0.1, -0.05) is 0 Å². The average molecular weight is 768 g/mol. The van der Waals surface area contributed by atoms with E-state index in [1.165, 1.54) is 18.2 Å². The minimum absolute atomic E-state index is 0.0260. The Morgan fingerprint density at radius 2 is 0.857 bits per heavy atom. The Kier molecular flexibility index (Phi) is 12.0. The summed E-state index contributed by atoms with van der Waals surface area (Å²) in [7, 11) is 0. The third-order valence-electron chi connectivity index (χ3n) is 7.48. The number of phenolic OH excluding ortho intramolecular Hbond substituents is 1. The van der Waals surface area contributed by atoms with Crippen LogP contribution in [0.3, 0.4) is 0 Å². The van der Waals surface area contributed by atoms with Crippen molar-refractivity contribution in [3.05, 3.63) is 153 Å². The highest BCUT2D eigenvalue weighted by atomic mass is 19.1. The number of nitrogen functional groups attached to an aromatic ring is 1. The molecule has 0 saturated carbocycles. The Morgan fingerprint density at radius 3 is 1.30 bits per heavy atom. The number of hydrogen-bond donors (Lipinski definition) is 2. The molecule has 0 fully saturated rings. The van der Waals surface area contributed by atoms with Gasteiger partial charge in [-0.2, -0.15) is 0 Å². The topological polar surface area (TPSA) is 206 Å². The van der Waals surface area contributed by atoms with Crippen molar-refractivity contribution >= 4 is 17.1 Å². The maximum Gasteiger partial charge on any atom is 0.269 e. The highest BCUT2D eigenvalue weighted by Crippen LogP contribution is 2.38. The second-order valence-electron chi connectivity index (χ2n) is 11.3. The third kappa shape index (κ3) is 10.3. The van der Waals surface area contributed by atoms with Crippen molar-refractivity contribution in [3.63, 3.8) is 0 Å². The monoisotopic (exact) mass is 767 g/mol. The van der Waals surface area contributed by atoms with Gasteiger partial charge in [0, 0.05) is 48.2 Å². The van der Waals surface area contributed by atoms with E-state index in [2.05, 4.69) is 0 Å². The van der Waals surface area contributed by atoms with Gasteiger partial charge in [-0.15, -0.1) is 0 Å². The molecule has 6 aromatic carbocycles. The van der Waals surface area contributed by atoms with E-state index in [9.17, 15) is 24.6 Å². The van der Waals surface area contributed by atoms with Crippen LogP contribution in [-0.4, -0.2) is 35.3 Å². The SMILES string of the molecule is Nc1ccc(Oc2ccc3c(c2)OCO3)cc1.O=[N+]([O-])c1ccc(F)cc1.O=[N+]([O-])c1ccc(Oc2ccc3c(c2)OCO3)cc1.Oc1ccc2c(c1)OCO2. The Morgan fingerprint density at radius 1 is 0.500 bits per heavy atom. The van der Waals surface area contributed by atoms with Crippen LogP contribution in [0, 0.1) is 26.0 Å². The van der Waals surface area contributed by atoms with Crippen molar-refractivity contribution in [1.82, 2.24) is 0 Å². The van der Waals surface area contributed by atoms with E-state index in [1.54, 1.807) is 60.7 Å². The molecule has 3 N–H and O–H groups in total. The minimum atomic E-state index is -0.570. The molecule has 3 aliphatic heterocycles. The molecule has 0 amide bonds. The summed E-state index contributed by atoms with van der Waals surface area (Å²) in [5.41, 5.74) is 6.24. The summed E-state index contributed by atoms with van der Waals surface area (Å²) in [4.78, 5) is 19.5. The van der Waals surface area contributed by atoms with E-state index in [1.807, 2.05) is 24.3 Å². The van der Waals surface area contributed by atoms with Gasteiger partial charge in [0.1, 0.15) is 34.6 Å². The van der Waals surface area contributed by atoms with E-state index in [0.29, 0.717) is 51.7 Å². The predicted molar refractivity (Wildman–Crippen MR) is 197 cm³/mol. The van der Waals surface area contributed by atoms with Gasteiger partial charge in [-0.3, -0.25) is 20.2 Å². The number of phenols is 1. The van der Waals surface area contributed by atoms with Crippen LogP contribution >= 0.6 is 0 Å². The molecule has 9 rings (SSSR count). The number of anilines is 1. The fourth-order valence-electron chi connectivity index (χ4n) is 4.77. The van der Waals surface area contributed by atoms with E-state index in [0.717, 1.165) is 35.8 Å². The molecule has 286 valence electrons. The Labute approximate surface area is 316 Å². The molecule has 56 heavy (non-hydrogen) atoms. The van der Waals surface area contributed by atoms with E-state index in [-0.39, 0.29) is 37.5 Å². The summed E-state index contributed by atoms with van der Waals surface area (Å²) in [6.45, 7) is 0.718.